The summed E-state index contributed by atoms with van der Waals surface area (Å²) in [5.74, 6) is -0.201. The van der Waals surface area contributed by atoms with Crippen molar-refractivity contribution < 1.29 is 13.2 Å². The Hall–Kier alpha value is -2.44. The Morgan fingerprint density at radius 1 is 1.04 bits per heavy atom. The van der Waals surface area contributed by atoms with Gasteiger partial charge in [0.25, 0.3) is 0 Å². The monoisotopic (exact) mass is 400 g/mol. The molecule has 2 aromatic carbocycles. The lowest BCUT2D eigenvalue weighted by Gasteiger charge is -2.19. The van der Waals surface area contributed by atoms with Crippen LogP contribution in [-0.4, -0.2) is 31.7 Å². The summed E-state index contributed by atoms with van der Waals surface area (Å²) < 4.78 is 26.5. The molecule has 150 valence electrons. The molecule has 2 aromatic rings. The zero-order chi connectivity index (χ0) is 20.7. The van der Waals surface area contributed by atoms with Crippen LogP contribution in [0.5, 0.6) is 0 Å². The van der Waals surface area contributed by atoms with Crippen molar-refractivity contribution in [1.29, 1.82) is 0 Å². The van der Waals surface area contributed by atoms with Crippen LogP contribution < -0.4 is 5.32 Å². The molecule has 0 saturated carbocycles. The number of hydrogen-bond donors (Lipinski definition) is 1. The molecule has 0 aliphatic rings. The molecule has 1 amide bonds. The van der Waals surface area contributed by atoms with Gasteiger partial charge >= 0.3 is 0 Å². The minimum absolute atomic E-state index is 0.201. The lowest BCUT2D eigenvalue weighted by molar-refractivity contribution is -0.117. The van der Waals surface area contributed by atoms with E-state index in [1.807, 2.05) is 52.0 Å². The molecule has 1 atom stereocenters. The molecule has 0 fully saturated rings. The van der Waals surface area contributed by atoms with E-state index in [4.69, 9.17) is 0 Å². The molecule has 0 heterocycles. The van der Waals surface area contributed by atoms with Gasteiger partial charge < -0.3 is 5.32 Å². The Kier molecular flexibility index (Phi) is 7.54. The third-order valence-electron chi connectivity index (χ3n) is 4.59. The highest BCUT2D eigenvalue weighted by atomic mass is 32.2. The quantitative estimate of drug-likeness (QED) is 0.683. The van der Waals surface area contributed by atoms with Crippen molar-refractivity contribution in [2.45, 2.75) is 38.6 Å². The highest BCUT2D eigenvalue weighted by Gasteiger charge is 2.21. The van der Waals surface area contributed by atoms with Gasteiger partial charge in [0.1, 0.15) is 0 Å². The number of sulfonamides is 1. The summed E-state index contributed by atoms with van der Waals surface area (Å²) in [4.78, 5) is 12.4. The Morgan fingerprint density at radius 3 is 2.14 bits per heavy atom. The number of carbonyl (C=O) groups excluding carboxylic acids is 1. The van der Waals surface area contributed by atoms with E-state index in [9.17, 15) is 13.2 Å². The molecule has 2 rings (SSSR count). The van der Waals surface area contributed by atoms with Gasteiger partial charge in [-0.25, -0.2) is 8.42 Å². The summed E-state index contributed by atoms with van der Waals surface area (Å²) in [5.41, 5.74) is 2.97. The molecule has 0 aliphatic carbocycles. The molecular weight excluding hydrogens is 372 g/mol. The van der Waals surface area contributed by atoms with E-state index in [2.05, 4.69) is 5.32 Å². The summed E-state index contributed by atoms with van der Waals surface area (Å²) in [5, 5.41) is 2.90. The molecule has 0 saturated heterocycles. The zero-order valence-electron chi connectivity index (χ0n) is 16.8. The van der Waals surface area contributed by atoms with Crippen LogP contribution in [0.25, 0.3) is 6.08 Å². The second kappa shape index (κ2) is 9.66. The van der Waals surface area contributed by atoms with Crippen LogP contribution in [-0.2, 0) is 14.8 Å². The van der Waals surface area contributed by atoms with Crippen LogP contribution in [0, 0.1) is 6.92 Å². The molecule has 28 heavy (non-hydrogen) atoms. The molecule has 1 N–H and O–H groups in total. The first-order valence-electron chi connectivity index (χ1n) is 9.43. The molecular formula is C22H28N2O3S. The maximum Gasteiger partial charge on any atom is 0.244 e. The van der Waals surface area contributed by atoms with Crippen molar-refractivity contribution in [3.63, 3.8) is 0 Å². The average molecular weight is 401 g/mol. The summed E-state index contributed by atoms with van der Waals surface area (Å²) in [7, 11) is -3.47. The van der Waals surface area contributed by atoms with Crippen LogP contribution in [0.2, 0.25) is 0 Å². The van der Waals surface area contributed by atoms with Gasteiger partial charge in [-0.3, -0.25) is 4.79 Å². The fourth-order valence-electron chi connectivity index (χ4n) is 2.84. The average Bonchev–Trinajstić information content (AvgIpc) is 2.68. The summed E-state index contributed by atoms with van der Waals surface area (Å²) in [6.07, 6.45) is 3.27. The predicted octanol–water partition coefficient (Wildman–Crippen LogP) is 3.92. The molecule has 0 spiro atoms. The van der Waals surface area contributed by atoms with E-state index in [0.717, 1.165) is 11.1 Å². The van der Waals surface area contributed by atoms with Crippen LogP contribution in [0.4, 0.5) is 0 Å². The highest BCUT2D eigenvalue weighted by Crippen LogP contribution is 2.19. The summed E-state index contributed by atoms with van der Waals surface area (Å²) >= 11 is 0. The maximum absolute atomic E-state index is 12.5. The van der Waals surface area contributed by atoms with Crippen LogP contribution in [0.1, 0.15) is 43.5 Å². The van der Waals surface area contributed by atoms with Gasteiger partial charge in [0.15, 0.2) is 0 Å². The fraction of sp³-hybridized carbons (Fsp3) is 0.318. The minimum Gasteiger partial charge on any atom is -0.346 e. The first kappa shape index (κ1) is 21.9. The van der Waals surface area contributed by atoms with Crippen LogP contribution in [0.15, 0.2) is 59.5 Å². The third kappa shape index (κ3) is 5.53. The third-order valence-corrected chi connectivity index (χ3v) is 6.65. The highest BCUT2D eigenvalue weighted by molar-refractivity contribution is 7.89. The van der Waals surface area contributed by atoms with Crippen molar-refractivity contribution in [2.24, 2.45) is 0 Å². The van der Waals surface area contributed by atoms with E-state index in [0.29, 0.717) is 13.1 Å². The van der Waals surface area contributed by atoms with Crippen molar-refractivity contribution in [2.75, 3.05) is 13.1 Å². The van der Waals surface area contributed by atoms with E-state index >= 15 is 0 Å². The van der Waals surface area contributed by atoms with Gasteiger partial charge in [-0.2, -0.15) is 4.31 Å². The Labute approximate surface area is 168 Å². The van der Waals surface area contributed by atoms with E-state index < -0.39 is 10.0 Å². The molecule has 0 radical (unpaired) electrons. The summed E-state index contributed by atoms with van der Waals surface area (Å²) in [6.45, 7) is 8.38. The topological polar surface area (TPSA) is 66.5 Å². The Morgan fingerprint density at radius 2 is 1.61 bits per heavy atom. The number of benzene rings is 2. The smallest absolute Gasteiger partial charge is 0.244 e. The van der Waals surface area contributed by atoms with E-state index in [1.54, 1.807) is 30.3 Å². The molecule has 0 bridgehead atoms. The zero-order valence-corrected chi connectivity index (χ0v) is 17.7. The number of nitrogens with zero attached hydrogens (tertiary/aromatic N) is 1. The Bertz CT molecular complexity index is 913. The first-order chi connectivity index (χ1) is 13.3. The molecule has 0 unspecified atom stereocenters. The second-order valence-electron chi connectivity index (χ2n) is 6.63. The lowest BCUT2D eigenvalue weighted by atomic mass is 10.1. The first-order valence-corrected chi connectivity index (χ1v) is 10.9. The standard InChI is InChI=1S/C22H28N2O3S/c1-5-24(6-2)28(26,27)21-14-12-20(13-15-21)18(4)23-22(25)16-11-19-9-7-17(3)8-10-19/h7-16,18H,5-6H2,1-4H3,(H,23,25)/b16-11+/t18-/m1/s1. The van der Waals surface area contributed by atoms with Gasteiger partial charge in [0, 0.05) is 19.2 Å². The van der Waals surface area contributed by atoms with Gasteiger partial charge in [-0.05, 0) is 43.2 Å². The van der Waals surface area contributed by atoms with Crippen molar-refractivity contribution >= 4 is 22.0 Å². The molecule has 5 nitrogen and oxygen atoms in total. The number of hydrogen-bond acceptors (Lipinski definition) is 3. The van der Waals surface area contributed by atoms with E-state index in [-0.39, 0.29) is 16.8 Å². The minimum atomic E-state index is -3.47. The number of nitrogens with one attached hydrogen (secondary N) is 1. The number of rotatable bonds is 8. The van der Waals surface area contributed by atoms with E-state index in [1.165, 1.54) is 15.9 Å². The number of aryl methyl sites for hydroxylation is 1. The largest absolute Gasteiger partial charge is 0.346 e. The van der Waals surface area contributed by atoms with Gasteiger partial charge in [0.05, 0.1) is 10.9 Å². The fourth-order valence-corrected chi connectivity index (χ4v) is 4.29. The van der Waals surface area contributed by atoms with Crippen molar-refractivity contribution in [3.05, 3.63) is 71.3 Å². The van der Waals surface area contributed by atoms with Gasteiger partial charge in [0.2, 0.25) is 15.9 Å². The van der Waals surface area contributed by atoms with Crippen LogP contribution in [0.3, 0.4) is 0 Å². The van der Waals surface area contributed by atoms with Crippen molar-refractivity contribution in [1.82, 2.24) is 9.62 Å². The Balaban J connectivity index is 2.03. The SMILES string of the molecule is CCN(CC)S(=O)(=O)c1ccc([C@@H](C)NC(=O)/C=C/c2ccc(C)cc2)cc1. The second-order valence-corrected chi connectivity index (χ2v) is 8.57. The summed E-state index contributed by atoms with van der Waals surface area (Å²) in [6, 6.07) is 14.3. The molecule has 0 aromatic heterocycles. The van der Waals surface area contributed by atoms with Gasteiger partial charge in [-0.1, -0.05) is 55.8 Å². The lowest BCUT2D eigenvalue weighted by Crippen LogP contribution is -2.30. The van der Waals surface area contributed by atoms with Gasteiger partial charge in [-0.15, -0.1) is 0 Å². The molecule has 0 aliphatic heterocycles. The molecule has 6 heteroatoms. The number of amides is 1. The maximum atomic E-state index is 12.5. The predicted molar refractivity (Wildman–Crippen MR) is 113 cm³/mol. The van der Waals surface area contributed by atoms with Crippen LogP contribution >= 0.6 is 0 Å². The normalized spacial score (nSPS) is 13.0. The number of carbonyl (C=O) groups is 1. The van der Waals surface area contributed by atoms with Crippen molar-refractivity contribution in [3.8, 4) is 0 Å².